The summed E-state index contributed by atoms with van der Waals surface area (Å²) in [7, 11) is 1.57. The van der Waals surface area contributed by atoms with Gasteiger partial charge in [0.1, 0.15) is 11.8 Å². The molecule has 0 heterocycles. The lowest BCUT2D eigenvalue weighted by Crippen LogP contribution is -2.51. The van der Waals surface area contributed by atoms with Crippen molar-refractivity contribution >= 4 is 23.4 Å². The Hall–Kier alpha value is -3.31. The predicted octanol–water partition coefficient (Wildman–Crippen LogP) is 4.41. The van der Waals surface area contributed by atoms with Crippen molar-refractivity contribution < 1.29 is 14.3 Å². The third kappa shape index (κ3) is 6.34. The van der Waals surface area contributed by atoms with E-state index in [0.717, 1.165) is 16.7 Å². The molecule has 0 aliphatic rings. The van der Waals surface area contributed by atoms with E-state index in [2.05, 4.69) is 5.32 Å². The number of hydrogen-bond donors (Lipinski definition) is 1. The van der Waals surface area contributed by atoms with Crippen LogP contribution in [-0.2, 0) is 22.6 Å². The smallest absolute Gasteiger partial charge is 0.261 e. The van der Waals surface area contributed by atoms with Crippen LogP contribution in [0, 0.1) is 6.92 Å². The van der Waals surface area contributed by atoms with E-state index in [9.17, 15) is 9.59 Å². The summed E-state index contributed by atoms with van der Waals surface area (Å²) >= 11 is 6.37. The SMILES string of the molecule is CNC(=O)[C@H](Cc1ccccc1)N(Cc1ccccc1Cl)C(=O)COc1cccc(C)c1. The lowest BCUT2D eigenvalue weighted by atomic mass is 10.0. The molecule has 0 unspecified atom stereocenters. The molecule has 0 fully saturated rings. The highest BCUT2D eigenvalue weighted by Crippen LogP contribution is 2.21. The number of ether oxygens (including phenoxy) is 1. The average Bonchev–Trinajstić information content (AvgIpc) is 2.81. The third-order valence-corrected chi connectivity index (χ3v) is 5.54. The molecule has 0 aromatic heterocycles. The summed E-state index contributed by atoms with van der Waals surface area (Å²) in [6.45, 7) is 1.97. The van der Waals surface area contributed by atoms with Gasteiger partial charge in [-0.3, -0.25) is 9.59 Å². The number of carbonyl (C=O) groups is 2. The summed E-state index contributed by atoms with van der Waals surface area (Å²) in [6, 6.07) is 23.7. The molecule has 1 atom stereocenters. The van der Waals surface area contributed by atoms with Crippen LogP contribution in [0.25, 0.3) is 0 Å². The Morgan fingerprint density at radius 1 is 1.00 bits per heavy atom. The molecule has 166 valence electrons. The van der Waals surface area contributed by atoms with Gasteiger partial charge in [0.2, 0.25) is 5.91 Å². The quantitative estimate of drug-likeness (QED) is 0.525. The molecule has 0 saturated carbocycles. The van der Waals surface area contributed by atoms with Crippen molar-refractivity contribution in [2.75, 3.05) is 13.7 Å². The molecule has 1 N–H and O–H groups in total. The zero-order chi connectivity index (χ0) is 22.9. The first kappa shape index (κ1) is 23.4. The van der Waals surface area contributed by atoms with Gasteiger partial charge in [-0.25, -0.2) is 0 Å². The fourth-order valence-corrected chi connectivity index (χ4v) is 3.66. The fraction of sp³-hybridized carbons (Fsp3) is 0.231. The number of nitrogens with one attached hydrogen (secondary N) is 1. The molecule has 0 aliphatic heterocycles. The Labute approximate surface area is 194 Å². The number of likely N-dealkylation sites (N-methyl/N-ethyl adjacent to an activating group) is 1. The van der Waals surface area contributed by atoms with Crippen LogP contribution in [-0.4, -0.2) is 36.4 Å². The van der Waals surface area contributed by atoms with E-state index in [0.29, 0.717) is 17.2 Å². The highest BCUT2D eigenvalue weighted by atomic mass is 35.5. The maximum Gasteiger partial charge on any atom is 0.261 e. The van der Waals surface area contributed by atoms with Crippen molar-refractivity contribution in [1.82, 2.24) is 10.2 Å². The minimum absolute atomic E-state index is 0.184. The molecule has 0 aliphatic carbocycles. The Morgan fingerprint density at radius 2 is 1.72 bits per heavy atom. The second kappa shape index (κ2) is 11.3. The van der Waals surface area contributed by atoms with Crippen LogP contribution in [0.4, 0.5) is 0 Å². The molecule has 32 heavy (non-hydrogen) atoms. The molecule has 0 bridgehead atoms. The van der Waals surface area contributed by atoms with Gasteiger partial charge in [-0.15, -0.1) is 0 Å². The first-order chi connectivity index (χ1) is 15.5. The molecular formula is C26H27ClN2O3. The number of carbonyl (C=O) groups excluding carboxylic acids is 2. The van der Waals surface area contributed by atoms with E-state index < -0.39 is 6.04 Å². The molecule has 0 spiro atoms. The highest BCUT2D eigenvalue weighted by molar-refractivity contribution is 6.31. The number of hydrogen-bond acceptors (Lipinski definition) is 3. The predicted molar refractivity (Wildman–Crippen MR) is 127 cm³/mol. The molecule has 3 aromatic carbocycles. The normalized spacial score (nSPS) is 11.5. The van der Waals surface area contributed by atoms with E-state index in [4.69, 9.17) is 16.3 Å². The van der Waals surface area contributed by atoms with Crippen LogP contribution >= 0.6 is 11.6 Å². The monoisotopic (exact) mass is 450 g/mol. The van der Waals surface area contributed by atoms with E-state index in [-0.39, 0.29) is 25.0 Å². The minimum atomic E-state index is -0.715. The van der Waals surface area contributed by atoms with Crippen LogP contribution in [0.2, 0.25) is 5.02 Å². The third-order valence-electron chi connectivity index (χ3n) is 5.17. The zero-order valence-electron chi connectivity index (χ0n) is 18.3. The zero-order valence-corrected chi connectivity index (χ0v) is 19.0. The number of nitrogens with zero attached hydrogens (tertiary/aromatic N) is 1. The Kier molecular flexibility index (Phi) is 8.28. The summed E-state index contributed by atoms with van der Waals surface area (Å²) < 4.78 is 5.76. The molecule has 0 saturated heterocycles. The van der Waals surface area contributed by atoms with Crippen LogP contribution in [0.1, 0.15) is 16.7 Å². The Bertz CT molecular complexity index is 1060. The van der Waals surface area contributed by atoms with Gasteiger partial charge in [0.15, 0.2) is 6.61 Å². The first-order valence-corrected chi connectivity index (χ1v) is 10.8. The molecular weight excluding hydrogens is 424 g/mol. The van der Waals surface area contributed by atoms with Gasteiger partial charge in [0.05, 0.1) is 0 Å². The first-order valence-electron chi connectivity index (χ1n) is 10.5. The summed E-state index contributed by atoms with van der Waals surface area (Å²) in [4.78, 5) is 27.8. The second-order valence-electron chi connectivity index (χ2n) is 7.54. The summed E-state index contributed by atoms with van der Waals surface area (Å²) in [5.74, 6) is 0.0661. The molecule has 5 nitrogen and oxygen atoms in total. The topological polar surface area (TPSA) is 58.6 Å². The largest absolute Gasteiger partial charge is 0.484 e. The fourth-order valence-electron chi connectivity index (χ4n) is 3.46. The van der Waals surface area contributed by atoms with Crippen LogP contribution in [0.15, 0.2) is 78.9 Å². The molecule has 6 heteroatoms. The van der Waals surface area contributed by atoms with Crippen molar-refractivity contribution in [3.8, 4) is 5.75 Å². The maximum atomic E-state index is 13.3. The maximum absolute atomic E-state index is 13.3. The lowest BCUT2D eigenvalue weighted by Gasteiger charge is -2.31. The molecule has 3 aromatic rings. The van der Waals surface area contributed by atoms with Crippen molar-refractivity contribution in [1.29, 1.82) is 0 Å². The molecule has 2 amide bonds. The Morgan fingerprint density at radius 3 is 2.41 bits per heavy atom. The van der Waals surface area contributed by atoms with Crippen molar-refractivity contribution in [2.45, 2.75) is 25.9 Å². The number of benzene rings is 3. The lowest BCUT2D eigenvalue weighted by molar-refractivity contribution is -0.142. The number of rotatable bonds is 9. The van der Waals surface area contributed by atoms with Crippen LogP contribution in [0.3, 0.4) is 0 Å². The van der Waals surface area contributed by atoms with Gasteiger partial charge in [-0.1, -0.05) is 72.3 Å². The molecule has 3 rings (SSSR count). The van der Waals surface area contributed by atoms with E-state index in [1.807, 2.05) is 73.7 Å². The van der Waals surface area contributed by atoms with E-state index >= 15 is 0 Å². The van der Waals surface area contributed by atoms with Crippen LogP contribution < -0.4 is 10.1 Å². The second-order valence-corrected chi connectivity index (χ2v) is 7.95. The standard InChI is InChI=1S/C26H27ClN2O3/c1-19-9-8-13-22(15-19)32-18-25(30)29(17-21-12-6-7-14-23(21)27)24(26(31)28-2)16-20-10-4-3-5-11-20/h3-15,24H,16-18H2,1-2H3,(H,28,31)/t24-/m0/s1. The average molecular weight is 451 g/mol. The number of aryl methyl sites for hydroxylation is 1. The Balaban J connectivity index is 1.88. The van der Waals surface area contributed by atoms with Gasteiger partial charge in [-0.2, -0.15) is 0 Å². The highest BCUT2D eigenvalue weighted by Gasteiger charge is 2.30. The van der Waals surface area contributed by atoms with Gasteiger partial charge in [-0.05, 0) is 41.8 Å². The summed E-state index contributed by atoms with van der Waals surface area (Å²) in [5, 5.41) is 3.24. The van der Waals surface area contributed by atoms with E-state index in [1.54, 1.807) is 24.1 Å². The number of halogens is 1. The number of amides is 2. The summed E-state index contributed by atoms with van der Waals surface area (Å²) in [5.41, 5.74) is 2.76. The van der Waals surface area contributed by atoms with E-state index in [1.165, 1.54) is 0 Å². The van der Waals surface area contributed by atoms with Crippen LogP contribution in [0.5, 0.6) is 5.75 Å². The van der Waals surface area contributed by atoms with Gasteiger partial charge in [0.25, 0.3) is 5.91 Å². The van der Waals surface area contributed by atoms with Gasteiger partial charge >= 0.3 is 0 Å². The van der Waals surface area contributed by atoms with Crippen molar-refractivity contribution in [2.24, 2.45) is 0 Å². The summed E-state index contributed by atoms with van der Waals surface area (Å²) in [6.07, 6.45) is 0.376. The minimum Gasteiger partial charge on any atom is -0.484 e. The molecule has 0 radical (unpaired) electrons. The van der Waals surface area contributed by atoms with Gasteiger partial charge < -0.3 is 15.0 Å². The van der Waals surface area contributed by atoms with Crippen molar-refractivity contribution in [3.05, 3.63) is 101 Å². The van der Waals surface area contributed by atoms with Gasteiger partial charge in [0, 0.05) is 25.0 Å². The van der Waals surface area contributed by atoms with Crippen molar-refractivity contribution in [3.63, 3.8) is 0 Å².